The van der Waals surface area contributed by atoms with Crippen molar-refractivity contribution >= 4 is 34.1 Å². The maximum atomic E-state index is 13.7. The van der Waals surface area contributed by atoms with Crippen LogP contribution in [0.2, 0.25) is 5.02 Å². The van der Waals surface area contributed by atoms with Crippen LogP contribution < -0.4 is 10.9 Å². The number of benzene rings is 2. The second-order valence-electron chi connectivity index (χ2n) is 7.42. The average Bonchev–Trinajstić information content (AvgIpc) is 2.69. The molecule has 9 heteroatoms. The van der Waals surface area contributed by atoms with Crippen LogP contribution in [-0.4, -0.2) is 41.5 Å². The first-order valence-electron chi connectivity index (χ1n) is 9.26. The van der Waals surface area contributed by atoms with Gasteiger partial charge in [-0.1, -0.05) is 17.7 Å². The van der Waals surface area contributed by atoms with E-state index >= 15 is 0 Å². The van der Waals surface area contributed by atoms with Crippen molar-refractivity contribution < 1.29 is 13.6 Å². The molecule has 2 amide bonds. The Morgan fingerprint density at radius 3 is 2.73 bits per heavy atom. The first-order valence-corrected chi connectivity index (χ1v) is 9.64. The van der Waals surface area contributed by atoms with E-state index in [9.17, 15) is 18.4 Å². The number of amides is 2. The summed E-state index contributed by atoms with van der Waals surface area (Å²) in [5.41, 5.74) is 1.45. The van der Waals surface area contributed by atoms with Gasteiger partial charge in [-0.3, -0.25) is 9.69 Å². The highest BCUT2D eigenvalue weighted by Crippen LogP contribution is 2.34. The molecule has 0 saturated carbocycles. The van der Waals surface area contributed by atoms with Gasteiger partial charge in [0, 0.05) is 37.1 Å². The van der Waals surface area contributed by atoms with Gasteiger partial charge in [0.1, 0.15) is 11.6 Å². The number of nitrogens with one attached hydrogen (secondary N) is 2. The first-order chi connectivity index (χ1) is 14.2. The zero-order valence-electron chi connectivity index (χ0n) is 16.3. The molecular weight excluding hydrogens is 414 g/mol. The smallest absolute Gasteiger partial charge is 0.322 e. The van der Waals surface area contributed by atoms with Gasteiger partial charge in [0.2, 0.25) is 0 Å². The molecule has 6 nitrogen and oxygen atoms in total. The lowest BCUT2D eigenvalue weighted by molar-refractivity contribution is 0.167. The quantitative estimate of drug-likeness (QED) is 0.640. The summed E-state index contributed by atoms with van der Waals surface area (Å²) in [5.74, 6) is -1.08. The molecule has 0 unspecified atom stereocenters. The van der Waals surface area contributed by atoms with E-state index in [1.165, 1.54) is 35.2 Å². The standard InChI is InChI=1S/C21H19ClF2N4O2/c1-27-9-17-19(13-5-3-11(23)7-14(13)20(29)26-17)18(10-27)28(2)21(30)25-12-4-6-16(24)15(22)8-12/h3-8,18H,9-10H2,1-2H3,(H,25,30)(H,26,29)/t18-/m0/s1. The molecule has 0 bridgehead atoms. The molecule has 0 radical (unpaired) electrons. The lowest BCUT2D eigenvalue weighted by Gasteiger charge is -2.38. The molecule has 2 heterocycles. The summed E-state index contributed by atoms with van der Waals surface area (Å²) in [5, 5.41) is 3.46. The third kappa shape index (κ3) is 3.64. The normalized spacial score (nSPS) is 16.4. The maximum absolute atomic E-state index is 13.7. The van der Waals surface area contributed by atoms with Gasteiger partial charge in [-0.05, 0) is 42.8 Å². The Labute approximate surface area is 176 Å². The molecule has 3 aromatic rings. The number of carbonyl (C=O) groups excluding carboxylic acids is 1. The largest absolute Gasteiger partial charge is 0.324 e. The van der Waals surface area contributed by atoms with Crippen molar-refractivity contribution in [3.8, 4) is 0 Å². The molecule has 1 atom stereocenters. The molecule has 2 aromatic carbocycles. The Kier molecular flexibility index (Phi) is 5.21. The number of likely N-dealkylation sites (N-methyl/N-ethyl adjacent to an activating group) is 2. The number of H-pyrrole nitrogens is 1. The Morgan fingerprint density at radius 1 is 1.23 bits per heavy atom. The van der Waals surface area contributed by atoms with Gasteiger partial charge >= 0.3 is 6.03 Å². The Balaban J connectivity index is 1.73. The van der Waals surface area contributed by atoms with Crippen LogP contribution in [0, 0.1) is 11.6 Å². The summed E-state index contributed by atoms with van der Waals surface area (Å²) in [7, 11) is 3.52. The molecule has 1 aliphatic rings. The highest BCUT2D eigenvalue weighted by molar-refractivity contribution is 6.31. The van der Waals surface area contributed by atoms with Crippen LogP contribution in [0.3, 0.4) is 0 Å². The molecule has 156 valence electrons. The van der Waals surface area contributed by atoms with Gasteiger partial charge in [-0.2, -0.15) is 0 Å². The van der Waals surface area contributed by atoms with E-state index in [0.29, 0.717) is 29.9 Å². The molecule has 0 saturated heterocycles. The van der Waals surface area contributed by atoms with Gasteiger partial charge in [0.15, 0.2) is 0 Å². The van der Waals surface area contributed by atoms with E-state index in [1.54, 1.807) is 13.1 Å². The van der Waals surface area contributed by atoms with Crippen molar-refractivity contribution in [2.24, 2.45) is 0 Å². The van der Waals surface area contributed by atoms with Crippen LogP contribution >= 0.6 is 11.6 Å². The van der Waals surface area contributed by atoms with Gasteiger partial charge in [-0.25, -0.2) is 13.6 Å². The predicted octanol–water partition coefficient (Wildman–Crippen LogP) is 4.11. The van der Waals surface area contributed by atoms with Crippen LogP contribution in [-0.2, 0) is 6.54 Å². The fraction of sp³-hybridized carbons (Fsp3) is 0.238. The minimum atomic E-state index is -0.575. The molecule has 2 N–H and O–H groups in total. The van der Waals surface area contributed by atoms with Crippen LogP contribution in [0.15, 0.2) is 41.2 Å². The van der Waals surface area contributed by atoms with Crippen molar-refractivity contribution in [1.82, 2.24) is 14.8 Å². The fourth-order valence-corrected chi connectivity index (χ4v) is 4.02. The summed E-state index contributed by atoms with van der Waals surface area (Å²) in [4.78, 5) is 31.7. The maximum Gasteiger partial charge on any atom is 0.322 e. The summed E-state index contributed by atoms with van der Waals surface area (Å²) < 4.78 is 27.1. The molecular formula is C21H19ClF2N4O2. The van der Waals surface area contributed by atoms with Crippen molar-refractivity contribution in [2.75, 3.05) is 26.0 Å². The number of hydrogen-bond donors (Lipinski definition) is 2. The number of halogens is 3. The molecule has 1 aliphatic heterocycles. The number of aromatic amines is 1. The molecule has 30 heavy (non-hydrogen) atoms. The fourth-order valence-electron chi connectivity index (χ4n) is 3.84. The van der Waals surface area contributed by atoms with Crippen LogP contribution in [0.1, 0.15) is 17.3 Å². The number of anilines is 1. The first kappa shape index (κ1) is 20.3. The third-order valence-electron chi connectivity index (χ3n) is 5.31. The Hall–Kier alpha value is -2.97. The third-order valence-corrected chi connectivity index (χ3v) is 5.60. The number of hydrogen-bond acceptors (Lipinski definition) is 3. The summed E-state index contributed by atoms with van der Waals surface area (Å²) >= 11 is 5.79. The monoisotopic (exact) mass is 432 g/mol. The van der Waals surface area contributed by atoms with Gasteiger partial charge in [-0.15, -0.1) is 0 Å². The number of pyridine rings is 1. The lowest BCUT2D eigenvalue weighted by Crippen LogP contribution is -2.44. The van der Waals surface area contributed by atoms with Gasteiger partial charge in [0.25, 0.3) is 5.56 Å². The average molecular weight is 433 g/mol. The minimum Gasteiger partial charge on any atom is -0.324 e. The predicted molar refractivity (Wildman–Crippen MR) is 112 cm³/mol. The summed E-state index contributed by atoms with van der Waals surface area (Å²) in [6.07, 6.45) is 0. The minimum absolute atomic E-state index is 0.0937. The summed E-state index contributed by atoms with van der Waals surface area (Å²) in [6.45, 7) is 1.01. The number of rotatable bonds is 2. The zero-order chi connectivity index (χ0) is 21.6. The molecule has 0 spiro atoms. The number of aromatic nitrogens is 1. The molecule has 0 fully saturated rings. The van der Waals surface area contributed by atoms with Crippen molar-refractivity contribution in [2.45, 2.75) is 12.6 Å². The zero-order valence-corrected chi connectivity index (χ0v) is 17.1. The second-order valence-corrected chi connectivity index (χ2v) is 7.83. The van der Waals surface area contributed by atoms with Crippen molar-refractivity contribution in [3.05, 3.63) is 74.7 Å². The number of urea groups is 1. The molecule has 1 aromatic heterocycles. The number of carbonyl (C=O) groups is 1. The van der Waals surface area contributed by atoms with Gasteiger partial charge < -0.3 is 15.2 Å². The summed E-state index contributed by atoms with van der Waals surface area (Å²) in [6, 6.07) is 7.17. The van der Waals surface area contributed by atoms with Crippen LogP contribution in [0.5, 0.6) is 0 Å². The van der Waals surface area contributed by atoms with Crippen LogP contribution in [0.25, 0.3) is 10.8 Å². The van der Waals surface area contributed by atoms with E-state index < -0.39 is 23.7 Å². The Morgan fingerprint density at radius 2 is 2.00 bits per heavy atom. The van der Waals surface area contributed by atoms with Gasteiger partial charge in [0.05, 0.1) is 16.5 Å². The van der Waals surface area contributed by atoms with Crippen LogP contribution in [0.4, 0.5) is 19.3 Å². The lowest BCUT2D eigenvalue weighted by atomic mass is 9.93. The van der Waals surface area contributed by atoms with E-state index in [2.05, 4.69) is 10.3 Å². The highest BCUT2D eigenvalue weighted by atomic mass is 35.5. The van der Waals surface area contributed by atoms with E-state index in [4.69, 9.17) is 11.6 Å². The van der Waals surface area contributed by atoms with E-state index in [0.717, 1.165) is 5.56 Å². The second kappa shape index (κ2) is 7.70. The molecule has 4 rings (SSSR count). The Bertz CT molecular complexity index is 1210. The number of fused-ring (bicyclic) bond motifs is 3. The van der Waals surface area contributed by atoms with Crippen molar-refractivity contribution in [3.63, 3.8) is 0 Å². The topological polar surface area (TPSA) is 68.4 Å². The number of nitrogens with zero attached hydrogens (tertiary/aromatic N) is 2. The van der Waals surface area contributed by atoms with E-state index in [1.807, 2.05) is 11.9 Å². The highest BCUT2D eigenvalue weighted by Gasteiger charge is 2.32. The SMILES string of the molecule is CN1Cc2[nH]c(=O)c3cc(F)ccc3c2[C@@H](N(C)C(=O)Nc2ccc(F)c(Cl)c2)C1. The molecule has 0 aliphatic carbocycles. The van der Waals surface area contributed by atoms with Crippen molar-refractivity contribution in [1.29, 1.82) is 0 Å². The van der Waals surface area contributed by atoms with E-state index in [-0.39, 0.29) is 16.0 Å².